The zero-order valence-electron chi connectivity index (χ0n) is 15.6. The van der Waals surface area contributed by atoms with Gasteiger partial charge in [-0.05, 0) is 25.1 Å². The number of aromatic nitrogens is 4. The zero-order chi connectivity index (χ0) is 21.5. The molecule has 156 valence electrons. The van der Waals surface area contributed by atoms with Crippen molar-refractivity contribution in [1.82, 2.24) is 14.5 Å². The first kappa shape index (κ1) is 23.2. The molecule has 0 aliphatic rings. The molecule has 29 heavy (non-hydrogen) atoms. The van der Waals surface area contributed by atoms with E-state index in [2.05, 4.69) is 19.0 Å². The summed E-state index contributed by atoms with van der Waals surface area (Å²) < 4.78 is 52.7. The number of benzene rings is 1. The molecule has 3 aromatic rings. The van der Waals surface area contributed by atoms with Crippen molar-refractivity contribution in [1.29, 1.82) is 0 Å². The first-order valence-electron chi connectivity index (χ1n) is 8.15. The van der Waals surface area contributed by atoms with Crippen LogP contribution in [0.15, 0.2) is 53.8 Å². The van der Waals surface area contributed by atoms with Crippen LogP contribution in [0.1, 0.15) is 5.56 Å². The number of hydrogen-bond donors (Lipinski definition) is 1. The van der Waals surface area contributed by atoms with E-state index in [4.69, 9.17) is 0 Å². The van der Waals surface area contributed by atoms with Crippen molar-refractivity contribution in [2.24, 2.45) is 0 Å². The van der Waals surface area contributed by atoms with Crippen LogP contribution in [0.4, 0.5) is 0 Å². The Balaban J connectivity index is 0.000000234. The van der Waals surface area contributed by atoms with Gasteiger partial charge in [-0.2, -0.15) is 0 Å². The molecule has 0 radical (unpaired) electrons. The Morgan fingerprint density at radius 2 is 1.86 bits per heavy atom. The molecule has 2 aromatic heterocycles. The molecule has 3 rings (SSSR count). The average molecular weight is 458 g/mol. The van der Waals surface area contributed by atoms with Crippen molar-refractivity contribution in [2.75, 3.05) is 13.3 Å². The number of hydrogen-bond acceptors (Lipinski definition) is 9. The van der Waals surface area contributed by atoms with Crippen LogP contribution in [0.25, 0.3) is 10.7 Å². The van der Waals surface area contributed by atoms with Gasteiger partial charge in [-0.25, -0.2) is 18.4 Å². The lowest BCUT2D eigenvalue weighted by molar-refractivity contribution is -0.742. The largest absolute Gasteiger partial charge is 0.744 e. The summed E-state index contributed by atoms with van der Waals surface area (Å²) in [5.41, 5.74) is 0.928. The molecule has 1 unspecified atom stereocenters. The van der Waals surface area contributed by atoms with E-state index in [0.717, 1.165) is 10.4 Å². The van der Waals surface area contributed by atoms with Crippen molar-refractivity contribution >= 4 is 29.2 Å². The van der Waals surface area contributed by atoms with Crippen LogP contribution in [0.2, 0.25) is 0 Å². The number of nitrogens with zero attached hydrogens (tertiary/aromatic N) is 4. The van der Waals surface area contributed by atoms with Crippen LogP contribution in [0.5, 0.6) is 0 Å². The fourth-order valence-corrected chi connectivity index (χ4v) is 3.72. The Labute approximate surface area is 172 Å². The van der Waals surface area contributed by atoms with Crippen LogP contribution < -0.4 is 4.68 Å². The van der Waals surface area contributed by atoms with Gasteiger partial charge in [-0.1, -0.05) is 22.4 Å². The predicted octanol–water partition coefficient (Wildman–Crippen LogP) is 1.62. The minimum atomic E-state index is -4.27. The highest BCUT2D eigenvalue weighted by Crippen LogP contribution is 2.39. The van der Waals surface area contributed by atoms with Crippen LogP contribution in [-0.4, -0.2) is 45.6 Å². The van der Waals surface area contributed by atoms with Gasteiger partial charge < -0.3 is 14.0 Å². The molecule has 2 heterocycles. The Kier molecular flexibility index (Phi) is 8.08. The second-order valence-electron chi connectivity index (χ2n) is 5.71. The molecule has 1 N–H and O–H groups in total. The lowest BCUT2D eigenvalue weighted by atomic mass is 10.2. The first-order valence-corrected chi connectivity index (χ1v) is 12.1. The van der Waals surface area contributed by atoms with E-state index < -0.39 is 17.7 Å². The molecule has 0 fully saturated rings. The lowest BCUT2D eigenvalue weighted by Crippen LogP contribution is -2.36. The Bertz CT molecular complexity index is 1070. The number of rotatable bonds is 6. The fraction of sp³-hybridized carbons (Fsp3) is 0.250. The van der Waals surface area contributed by atoms with Crippen molar-refractivity contribution in [3.8, 4) is 10.7 Å². The third-order valence-electron chi connectivity index (χ3n) is 3.50. The summed E-state index contributed by atoms with van der Waals surface area (Å²) >= 11 is 1.24. The van der Waals surface area contributed by atoms with E-state index in [1.807, 2.05) is 6.92 Å². The summed E-state index contributed by atoms with van der Waals surface area (Å²) in [6.07, 6.45) is 5.07. The third-order valence-corrected chi connectivity index (χ3v) is 6.46. The lowest BCUT2D eigenvalue weighted by Gasteiger charge is -2.05. The van der Waals surface area contributed by atoms with Gasteiger partial charge in [0.2, 0.25) is 6.20 Å². The molecule has 0 amide bonds. The van der Waals surface area contributed by atoms with Crippen molar-refractivity contribution in [3.63, 3.8) is 0 Å². The first-order chi connectivity index (χ1) is 13.6. The average Bonchev–Trinajstić information content (AvgIpc) is 3.17. The van der Waals surface area contributed by atoms with Gasteiger partial charge in [0.15, 0.2) is 17.2 Å². The molecule has 0 saturated heterocycles. The van der Waals surface area contributed by atoms with Crippen LogP contribution in [-0.2, 0) is 25.8 Å². The van der Waals surface area contributed by atoms with Crippen molar-refractivity contribution in [2.45, 2.75) is 18.4 Å². The molecule has 0 aliphatic carbocycles. The summed E-state index contributed by atoms with van der Waals surface area (Å²) in [7, 11) is -6.54. The summed E-state index contributed by atoms with van der Waals surface area (Å²) in [5.74, 6) is 0.590. The van der Waals surface area contributed by atoms with Crippen molar-refractivity contribution < 1.29 is 31.6 Å². The van der Waals surface area contributed by atoms with Crippen LogP contribution in [0.3, 0.4) is 0 Å². The molecule has 13 heteroatoms. The van der Waals surface area contributed by atoms with E-state index in [1.54, 1.807) is 41.5 Å². The minimum absolute atomic E-state index is 0.0208. The van der Waals surface area contributed by atoms with Gasteiger partial charge in [0.05, 0.1) is 9.38 Å². The Hall–Kier alpha value is -2.08. The zero-order valence-corrected chi connectivity index (χ0v) is 18.1. The van der Waals surface area contributed by atoms with Gasteiger partial charge in [-0.15, -0.1) is 0 Å². The fourth-order valence-electron chi connectivity index (χ4n) is 1.93. The Morgan fingerprint density at radius 1 is 1.24 bits per heavy atom. The predicted molar refractivity (Wildman–Crippen MR) is 104 cm³/mol. The molecule has 1 atom stereocenters. The molecule has 1 aromatic carbocycles. The molecular weight excluding hydrogens is 439 g/mol. The molecule has 0 spiro atoms. The highest BCUT2D eigenvalue weighted by Gasteiger charge is 2.22. The second-order valence-corrected chi connectivity index (χ2v) is 9.97. The highest BCUT2D eigenvalue weighted by atomic mass is 32.2. The van der Waals surface area contributed by atoms with Gasteiger partial charge in [0.25, 0.3) is 0 Å². The Morgan fingerprint density at radius 3 is 2.41 bits per heavy atom. The maximum Gasteiger partial charge on any atom is 0.334 e. The third kappa shape index (κ3) is 7.69. The van der Waals surface area contributed by atoms with E-state index in [0.29, 0.717) is 12.4 Å². The summed E-state index contributed by atoms with van der Waals surface area (Å²) in [5, 5.41) is 0. The van der Waals surface area contributed by atoms with Gasteiger partial charge in [0, 0.05) is 31.0 Å². The highest BCUT2D eigenvalue weighted by molar-refractivity contribution is 7.85. The van der Waals surface area contributed by atoms with Gasteiger partial charge in [0.1, 0.15) is 16.3 Å². The molecule has 0 aliphatic heterocycles. The normalized spacial score (nSPS) is 13.2. The maximum atomic E-state index is 11.3. The summed E-state index contributed by atoms with van der Waals surface area (Å²) in [6, 6.07) is 7.52. The minimum Gasteiger partial charge on any atom is -0.744 e. The van der Waals surface area contributed by atoms with E-state index in [1.165, 1.54) is 30.8 Å². The molecule has 10 nitrogen and oxygen atoms in total. The summed E-state index contributed by atoms with van der Waals surface area (Å²) in [6.45, 7) is 2.13. The number of aryl methyl sites for hydroxylation is 2. The molecular formula is C16H19N4O6PS2. The van der Waals surface area contributed by atoms with Crippen LogP contribution in [0, 0.1) is 6.92 Å². The van der Waals surface area contributed by atoms with Crippen LogP contribution >= 0.6 is 19.1 Å². The van der Waals surface area contributed by atoms with E-state index in [9.17, 15) is 22.4 Å². The van der Waals surface area contributed by atoms with Gasteiger partial charge in [-0.3, -0.25) is 4.57 Å². The maximum absolute atomic E-state index is 11.3. The molecule has 0 bridgehead atoms. The monoisotopic (exact) mass is 458 g/mol. The summed E-state index contributed by atoms with van der Waals surface area (Å²) in [4.78, 5) is 18.1. The quantitative estimate of drug-likeness (QED) is 0.331. The van der Waals surface area contributed by atoms with Crippen molar-refractivity contribution in [3.05, 3.63) is 54.5 Å². The van der Waals surface area contributed by atoms with E-state index >= 15 is 0 Å². The SMILES string of the molecule is COP(=O)(O)CC[n+]1cc(-c2ncccn2)sn1.Cc1ccc(S(=O)(=O)[O-])cc1. The molecule has 0 saturated carbocycles. The standard InChI is InChI=1S/C9H11N4O3PS.C7H8O3S/c1-16-17(14,15)6-5-13-7-8(18-12-13)9-10-3-2-4-11-9;1-6-2-4-7(5-3-6)11(8,9)10/h2-4,7H,5-6H2,1H3;2-5H,1H3,(H,8,9,10). The smallest absolute Gasteiger partial charge is 0.334 e. The topological polar surface area (TPSA) is 146 Å². The van der Waals surface area contributed by atoms with Gasteiger partial charge >= 0.3 is 7.60 Å². The van der Waals surface area contributed by atoms with E-state index in [-0.39, 0.29) is 11.1 Å². The second kappa shape index (κ2) is 10.1.